The molecule has 8 nitrogen and oxygen atoms in total. The van der Waals surface area contributed by atoms with Crippen LogP contribution in [0, 0.1) is 5.82 Å². The number of methoxy groups -OCH3 is 1. The fourth-order valence-electron chi connectivity index (χ4n) is 5.77. The first-order valence-corrected chi connectivity index (χ1v) is 14.2. The highest BCUT2D eigenvalue weighted by molar-refractivity contribution is 6.18. The van der Waals surface area contributed by atoms with Gasteiger partial charge in [-0.1, -0.05) is 6.07 Å². The Morgan fingerprint density at radius 2 is 1.81 bits per heavy atom. The Kier molecular flexibility index (Phi) is 7.01. The van der Waals surface area contributed by atoms with Crippen molar-refractivity contribution in [3.8, 4) is 33.9 Å². The van der Waals surface area contributed by atoms with Gasteiger partial charge >= 0.3 is 0 Å². The fraction of sp³-hybridized carbons (Fsp3) is 0.242. The lowest BCUT2D eigenvalue weighted by atomic mass is 9.97. The summed E-state index contributed by atoms with van der Waals surface area (Å²) in [7, 11) is 1.63. The van der Waals surface area contributed by atoms with Gasteiger partial charge in [0.15, 0.2) is 0 Å². The van der Waals surface area contributed by atoms with Gasteiger partial charge in [-0.05, 0) is 74.0 Å². The predicted molar refractivity (Wildman–Crippen MR) is 163 cm³/mol. The molecule has 2 aliphatic heterocycles. The molecule has 0 spiro atoms. The van der Waals surface area contributed by atoms with E-state index in [0.717, 1.165) is 64.3 Å². The van der Waals surface area contributed by atoms with E-state index in [2.05, 4.69) is 43.4 Å². The zero-order valence-corrected chi connectivity index (χ0v) is 23.4. The number of halogens is 1. The van der Waals surface area contributed by atoms with Crippen molar-refractivity contribution in [2.45, 2.75) is 12.8 Å². The molecule has 1 fully saturated rings. The van der Waals surface area contributed by atoms with Gasteiger partial charge in [0.1, 0.15) is 30.6 Å². The fourth-order valence-corrected chi connectivity index (χ4v) is 5.77. The van der Waals surface area contributed by atoms with Gasteiger partial charge in [-0.15, -0.1) is 0 Å². The third-order valence-corrected chi connectivity index (χ3v) is 7.89. The molecule has 0 amide bonds. The topological polar surface area (TPSA) is 87.7 Å². The SMILES string of the molecule is COc1cncc(-c2ccc3c(c2)C(c2cc4c(-c5cc(F)cc(OCCN6CCCC6)c5)nccc4[nH]2)=NCN3)c1. The number of aliphatic imine (C=N–C) groups is 1. The molecule has 9 heteroatoms. The van der Waals surface area contributed by atoms with Crippen molar-refractivity contribution in [2.75, 3.05) is 45.3 Å². The predicted octanol–water partition coefficient (Wildman–Crippen LogP) is 6.13. The zero-order valence-electron chi connectivity index (χ0n) is 23.4. The Balaban J connectivity index is 1.21. The second-order valence-electron chi connectivity index (χ2n) is 10.6. The van der Waals surface area contributed by atoms with Gasteiger partial charge < -0.3 is 19.8 Å². The zero-order chi connectivity index (χ0) is 28.5. The van der Waals surface area contributed by atoms with Crippen molar-refractivity contribution in [3.63, 3.8) is 0 Å². The molecule has 0 saturated carbocycles. The number of H-pyrrole nitrogens is 1. The number of aromatic amines is 1. The molecule has 0 radical (unpaired) electrons. The van der Waals surface area contributed by atoms with Gasteiger partial charge in [0.2, 0.25) is 0 Å². The number of nitrogens with zero attached hydrogens (tertiary/aromatic N) is 4. The van der Waals surface area contributed by atoms with Gasteiger partial charge in [-0.25, -0.2) is 4.39 Å². The summed E-state index contributed by atoms with van der Waals surface area (Å²) in [6.07, 6.45) is 7.71. The van der Waals surface area contributed by atoms with Gasteiger partial charge in [-0.3, -0.25) is 19.9 Å². The molecule has 5 heterocycles. The van der Waals surface area contributed by atoms with Gasteiger partial charge in [-0.2, -0.15) is 0 Å². The summed E-state index contributed by atoms with van der Waals surface area (Å²) in [4.78, 5) is 19.7. The summed E-state index contributed by atoms with van der Waals surface area (Å²) in [5.74, 6) is 0.856. The van der Waals surface area contributed by atoms with E-state index in [1.54, 1.807) is 19.5 Å². The molecule has 2 N–H and O–H groups in total. The number of anilines is 1. The summed E-state index contributed by atoms with van der Waals surface area (Å²) < 4.78 is 26.1. The van der Waals surface area contributed by atoms with Crippen LogP contribution < -0.4 is 14.8 Å². The molecule has 0 bridgehead atoms. The minimum Gasteiger partial charge on any atom is -0.495 e. The number of nitrogens with one attached hydrogen (secondary N) is 2. The Labute approximate surface area is 243 Å². The maximum atomic E-state index is 14.8. The number of ether oxygens (including phenoxy) is 2. The van der Waals surface area contributed by atoms with Crippen LogP contribution in [-0.2, 0) is 0 Å². The molecular weight excluding hydrogens is 531 g/mol. The monoisotopic (exact) mass is 562 g/mol. The number of benzene rings is 2. The van der Waals surface area contributed by atoms with Crippen molar-refractivity contribution >= 4 is 22.3 Å². The van der Waals surface area contributed by atoms with Gasteiger partial charge in [0.05, 0.1) is 30.4 Å². The third kappa shape index (κ3) is 5.19. The normalized spacial score (nSPS) is 14.9. The smallest absolute Gasteiger partial charge is 0.137 e. The van der Waals surface area contributed by atoms with Crippen LogP contribution in [0.4, 0.5) is 10.1 Å². The Bertz CT molecular complexity index is 1790. The van der Waals surface area contributed by atoms with E-state index in [0.29, 0.717) is 36.0 Å². The van der Waals surface area contributed by atoms with Crippen LogP contribution in [0.3, 0.4) is 0 Å². The second-order valence-corrected chi connectivity index (χ2v) is 10.6. The molecule has 0 aliphatic carbocycles. The van der Waals surface area contributed by atoms with E-state index in [1.807, 2.05) is 30.5 Å². The molecule has 2 aromatic carbocycles. The maximum Gasteiger partial charge on any atom is 0.137 e. The molecule has 7 rings (SSSR count). The lowest BCUT2D eigenvalue weighted by molar-refractivity contribution is 0.237. The van der Waals surface area contributed by atoms with E-state index >= 15 is 0 Å². The van der Waals surface area contributed by atoms with Crippen molar-refractivity contribution < 1.29 is 13.9 Å². The molecule has 0 unspecified atom stereocenters. The standard InChI is InChI=1S/C33H31FN6O2/c1-41-26-14-23(18-35-19-26)21-4-5-29-27(15-21)33(38-20-37-29)31-17-28-30(39-31)6-7-36-32(28)22-12-24(34)16-25(13-22)42-11-10-40-8-2-3-9-40/h4-7,12-19,37,39H,2-3,8-11,20H2,1H3. The number of aromatic nitrogens is 3. The molecule has 42 heavy (non-hydrogen) atoms. The van der Waals surface area contributed by atoms with Crippen LogP contribution in [0.5, 0.6) is 11.5 Å². The van der Waals surface area contributed by atoms with Gasteiger partial charge in [0.25, 0.3) is 0 Å². The number of rotatable bonds is 8. The minimum atomic E-state index is -0.352. The lowest BCUT2D eigenvalue weighted by Gasteiger charge is -2.19. The van der Waals surface area contributed by atoms with Crippen molar-refractivity contribution in [1.82, 2.24) is 19.9 Å². The summed E-state index contributed by atoms with van der Waals surface area (Å²) in [5, 5.41) is 4.26. The highest BCUT2D eigenvalue weighted by Crippen LogP contribution is 2.34. The third-order valence-electron chi connectivity index (χ3n) is 7.89. The van der Waals surface area contributed by atoms with Crippen LogP contribution in [0.2, 0.25) is 0 Å². The summed E-state index contributed by atoms with van der Waals surface area (Å²) in [6, 6.07) is 17.0. The molecule has 2 aliphatic rings. The number of fused-ring (bicyclic) bond motifs is 2. The van der Waals surface area contributed by atoms with Crippen molar-refractivity contribution in [3.05, 3.63) is 90.3 Å². The average molecular weight is 563 g/mol. The first-order chi connectivity index (χ1) is 20.6. The first-order valence-electron chi connectivity index (χ1n) is 14.2. The molecular formula is C33H31FN6O2. The maximum absolute atomic E-state index is 14.8. The lowest BCUT2D eigenvalue weighted by Crippen LogP contribution is -2.25. The van der Waals surface area contributed by atoms with E-state index < -0.39 is 0 Å². The van der Waals surface area contributed by atoms with Crippen LogP contribution in [0.25, 0.3) is 33.3 Å². The molecule has 3 aromatic heterocycles. The number of hydrogen-bond donors (Lipinski definition) is 2. The highest BCUT2D eigenvalue weighted by atomic mass is 19.1. The van der Waals surface area contributed by atoms with Gasteiger partial charge in [0, 0.05) is 58.3 Å². The average Bonchev–Trinajstić information content (AvgIpc) is 3.70. The van der Waals surface area contributed by atoms with Crippen LogP contribution in [0.15, 0.2) is 78.2 Å². The number of likely N-dealkylation sites (tertiary alicyclic amines) is 1. The Hall–Kier alpha value is -4.76. The minimum absolute atomic E-state index is 0.352. The van der Waals surface area contributed by atoms with E-state index in [4.69, 9.17) is 14.5 Å². The number of hydrogen-bond acceptors (Lipinski definition) is 7. The quantitative estimate of drug-likeness (QED) is 0.236. The molecule has 0 atom stereocenters. The summed E-state index contributed by atoms with van der Waals surface area (Å²) in [5.41, 5.74) is 7.89. The van der Waals surface area contributed by atoms with E-state index in [9.17, 15) is 4.39 Å². The van der Waals surface area contributed by atoms with Crippen LogP contribution in [-0.4, -0.2) is 65.6 Å². The van der Waals surface area contributed by atoms with Crippen LogP contribution in [0.1, 0.15) is 24.1 Å². The second kappa shape index (κ2) is 11.3. The Morgan fingerprint density at radius 1 is 0.929 bits per heavy atom. The number of pyridine rings is 2. The molecule has 1 saturated heterocycles. The van der Waals surface area contributed by atoms with Crippen LogP contribution >= 0.6 is 0 Å². The molecule has 212 valence electrons. The van der Waals surface area contributed by atoms with Crippen molar-refractivity contribution in [1.29, 1.82) is 0 Å². The Morgan fingerprint density at radius 3 is 2.69 bits per heavy atom. The first kappa shape index (κ1) is 26.2. The van der Waals surface area contributed by atoms with Crippen molar-refractivity contribution in [2.24, 2.45) is 4.99 Å². The van der Waals surface area contributed by atoms with E-state index in [1.165, 1.54) is 25.0 Å². The summed E-state index contributed by atoms with van der Waals surface area (Å²) >= 11 is 0. The highest BCUT2D eigenvalue weighted by Gasteiger charge is 2.20. The largest absolute Gasteiger partial charge is 0.495 e. The van der Waals surface area contributed by atoms with E-state index in [-0.39, 0.29) is 5.82 Å². The molecule has 5 aromatic rings. The summed E-state index contributed by atoms with van der Waals surface area (Å²) in [6.45, 7) is 4.03.